The van der Waals surface area contributed by atoms with Crippen molar-refractivity contribution < 1.29 is 9.21 Å². The number of aromatic nitrogens is 2. The smallest absolute Gasteiger partial charge is 0.193 e. The number of carbonyl (C=O) groups excluding carboxylic acids is 1. The van der Waals surface area contributed by atoms with E-state index in [0.29, 0.717) is 17.7 Å². The number of nitrogens with zero attached hydrogens (tertiary/aromatic N) is 2. The highest BCUT2D eigenvalue weighted by atomic mass is 16.3. The molecule has 0 amide bonds. The Labute approximate surface area is 87.0 Å². The van der Waals surface area contributed by atoms with Crippen molar-refractivity contribution in [3.8, 4) is 11.5 Å². The maximum Gasteiger partial charge on any atom is 0.193 e. The summed E-state index contributed by atoms with van der Waals surface area (Å²) < 4.78 is 5.42. The minimum absolute atomic E-state index is 0.180. The van der Waals surface area contributed by atoms with E-state index in [1.165, 1.54) is 0 Å². The molecular weight excluding hydrogens is 192 g/mol. The first kappa shape index (κ1) is 9.58. The largest absolute Gasteiger partial charge is 0.460 e. The Kier molecular flexibility index (Phi) is 2.33. The van der Waals surface area contributed by atoms with E-state index in [2.05, 4.69) is 9.97 Å². The molecule has 2 aromatic heterocycles. The van der Waals surface area contributed by atoms with Gasteiger partial charge in [0.1, 0.15) is 11.5 Å². The maximum atomic E-state index is 10.6. The standard InChI is InChI=1S/C11H10N2O2/c1-7-5-9(13-11(6-14)12-7)10-4-3-8(2)15-10/h3-6H,1-2H3. The number of hydrogen-bond acceptors (Lipinski definition) is 4. The van der Waals surface area contributed by atoms with Crippen LogP contribution in [0.2, 0.25) is 0 Å². The molecule has 4 nitrogen and oxygen atoms in total. The van der Waals surface area contributed by atoms with Crippen molar-refractivity contribution in [3.63, 3.8) is 0 Å². The van der Waals surface area contributed by atoms with Crippen molar-refractivity contribution in [2.24, 2.45) is 0 Å². The molecule has 0 spiro atoms. The van der Waals surface area contributed by atoms with Gasteiger partial charge in [-0.05, 0) is 32.0 Å². The first-order valence-electron chi connectivity index (χ1n) is 4.57. The maximum absolute atomic E-state index is 10.6. The SMILES string of the molecule is Cc1cc(-c2ccc(C)o2)nc(C=O)n1. The van der Waals surface area contributed by atoms with E-state index in [-0.39, 0.29) is 5.82 Å². The first-order valence-corrected chi connectivity index (χ1v) is 4.57. The van der Waals surface area contributed by atoms with Crippen molar-refractivity contribution in [1.29, 1.82) is 0 Å². The van der Waals surface area contributed by atoms with E-state index in [1.54, 1.807) is 6.07 Å². The summed E-state index contributed by atoms with van der Waals surface area (Å²) in [4.78, 5) is 18.6. The lowest BCUT2D eigenvalue weighted by atomic mass is 10.3. The van der Waals surface area contributed by atoms with Gasteiger partial charge in [-0.2, -0.15) is 0 Å². The van der Waals surface area contributed by atoms with E-state index < -0.39 is 0 Å². The van der Waals surface area contributed by atoms with E-state index in [1.807, 2.05) is 26.0 Å². The summed E-state index contributed by atoms with van der Waals surface area (Å²) in [7, 11) is 0. The van der Waals surface area contributed by atoms with Gasteiger partial charge in [0.2, 0.25) is 0 Å². The predicted octanol–water partition coefficient (Wildman–Crippen LogP) is 2.17. The van der Waals surface area contributed by atoms with Crippen LogP contribution in [0.3, 0.4) is 0 Å². The summed E-state index contributed by atoms with van der Waals surface area (Å²) in [6, 6.07) is 5.46. The van der Waals surface area contributed by atoms with E-state index in [0.717, 1.165) is 11.5 Å². The third-order valence-electron chi connectivity index (χ3n) is 1.97. The second-order valence-electron chi connectivity index (χ2n) is 3.28. The third kappa shape index (κ3) is 1.93. The van der Waals surface area contributed by atoms with E-state index in [4.69, 9.17) is 4.42 Å². The highest BCUT2D eigenvalue weighted by molar-refractivity contribution is 5.70. The minimum Gasteiger partial charge on any atom is -0.460 e. The van der Waals surface area contributed by atoms with Gasteiger partial charge >= 0.3 is 0 Å². The van der Waals surface area contributed by atoms with Crippen LogP contribution in [0.1, 0.15) is 22.1 Å². The number of carbonyl (C=O) groups is 1. The molecule has 4 heteroatoms. The summed E-state index contributed by atoms with van der Waals surface area (Å²) in [5.41, 5.74) is 1.38. The average molecular weight is 202 g/mol. The van der Waals surface area contributed by atoms with Crippen molar-refractivity contribution in [2.75, 3.05) is 0 Å². The Hall–Kier alpha value is -1.97. The van der Waals surface area contributed by atoms with Gasteiger partial charge in [-0.15, -0.1) is 0 Å². The van der Waals surface area contributed by atoms with Gasteiger partial charge in [-0.1, -0.05) is 0 Å². The molecule has 2 aromatic rings. The summed E-state index contributed by atoms with van der Waals surface area (Å²) in [6.07, 6.45) is 0.631. The highest BCUT2D eigenvalue weighted by Crippen LogP contribution is 2.20. The van der Waals surface area contributed by atoms with Crippen LogP contribution >= 0.6 is 0 Å². The molecule has 0 fully saturated rings. The lowest BCUT2D eigenvalue weighted by Crippen LogP contribution is -1.96. The van der Waals surface area contributed by atoms with Crippen LogP contribution in [0.25, 0.3) is 11.5 Å². The van der Waals surface area contributed by atoms with Crippen molar-refractivity contribution >= 4 is 6.29 Å². The van der Waals surface area contributed by atoms with Crippen LogP contribution in [-0.2, 0) is 0 Å². The molecule has 2 rings (SSSR count). The molecule has 0 saturated carbocycles. The lowest BCUT2D eigenvalue weighted by Gasteiger charge is -1.99. The minimum atomic E-state index is 0.180. The fourth-order valence-electron chi connectivity index (χ4n) is 1.34. The van der Waals surface area contributed by atoms with Crippen molar-refractivity contribution in [1.82, 2.24) is 9.97 Å². The molecule has 0 aliphatic rings. The van der Waals surface area contributed by atoms with Crippen molar-refractivity contribution in [2.45, 2.75) is 13.8 Å². The summed E-state index contributed by atoms with van der Waals surface area (Å²) in [5, 5.41) is 0. The Morgan fingerprint density at radius 2 is 2.07 bits per heavy atom. The normalized spacial score (nSPS) is 10.3. The van der Waals surface area contributed by atoms with Gasteiger partial charge in [0.15, 0.2) is 17.9 Å². The zero-order valence-electron chi connectivity index (χ0n) is 8.52. The predicted molar refractivity (Wildman–Crippen MR) is 54.6 cm³/mol. The summed E-state index contributed by atoms with van der Waals surface area (Å²) in [6.45, 7) is 3.67. The zero-order chi connectivity index (χ0) is 10.8. The van der Waals surface area contributed by atoms with Gasteiger partial charge in [-0.25, -0.2) is 9.97 Å². The molecule has 15 heavy (non-hydrogen) atoms. The topological polar surface area (TPSA) is 56.0 Å². The van der Waals surface area contributed by atoms with Crippen LogP contribution in [0.4, 0.5) is 0 Å². The number of hydrogen-bond donors (Lipinski definition) is 0. The number of furan rings is 1. The van der Waals surface area contributed by atoms with Crippen LogP contribution in [-0.4, -0.2) is 16.3 Å². The average Bonchev–Trinajstić information content (AvgIpc) is 2.64. The third-order valence-corrected chi connectivity index (χ3v) is 1.97. The highest BCUT2D eigenvalue weighted by Gasteiger charge is 2.07. The summed E-state index contributed by atoms with van der Waals surface area (Å²) in [5.74, 6) is 1.65. The Morgan fingerprint density at radius 3 is 2.67 bits per heavy atom. The Bertz CT molecular complexity index is 503. The second kappa shape index (κ2) is 3.65. The summed E-state index contributed by atoms with van der Waals surface area (Å²) >= 11 is 0. The molecular formula is C11H10N2O2. The van der Waals surface area contributed by atoms with Gasteiger partial charge in [0, 0.05) is 5.69 Å². The van der Waals surface area contributed by atoms with Gasteiger partial charge in [0.05, 0.1) is 0 Å². The van der Waals surface area contributed by atoms with Crippen LogP contribution in [0.15, 0.2) is 22.6 Å². The van der Waals surface area contributed by atoms with Crippen LogP contribution in [0.5, 0.6) is 0 Å². The molecule has 0 unspecified atom stereocenters. The lowest BCUT2D eigenvalue weighted by molar-refractivity contribution is 0.111. The zero-order valence-corrected chi connectivity index (χ0v) is 8.52. The number of aldehydes is 1. The van der Waals surface area contributed by atoms with Crippen LogP contribution in [0, 0.1) is 13.8 Å². The van der Waals surface area contributed by atoms with Crippen LogP contribution < -0.4 is 0 Å². The molecule has 0 aliphatic heterocycles. The molecule has 0 radical (unpaired) electrons. The Morgan fingerprint density at radius 1 is 1.27 bits per heavy atom. The van der Waals surface area contributed by atoms with Gasteiger partial charge in [0.25, 0.3) is 0 Å². The number of rotatable bonds is 2. The number of aryl methyl sites for hydroxylation is 2. The fourth-order valence-corrected chi connectivity index (χ4v) is 1.34. The molecule has 0 aromatic carbocycles. The fraction of sp³-hybridized carbons (Fsp3) is 0.182. The molecule has 0 atom stereocenters. The second-order valence-corrected chi connectivity index (χ2v) is 3.28. The quantitative estimate of drug-likeness (QED) is 0.700. The van der Waals surface area contributed by atoms with E-state index >= 15 is 0 Å². The first-order chi connectivity index (χ1) is 7.19. The molecule has 0 aliphatic carbocycles. The Balaban J connectivity index is 2.52. The molecule has 2 heterocycles. The van der Waals surface area contributed by atoms with E-state index in [9.17, 15) is 4.79 Å². The molecule has 76 valence electrons. The van der Waals surface area contributed by atoms with Gasteiger partial charge in [-0.3, -0.25) is 4.79 Å². The van der Waals surface area contributed by atoms with Crippen molar-refractivity contribution in [3.05, 3.63) is 35.5 Å². The molecule has 0 N–H and O–H groups in total. The molecule has 0 saturated heterocycles. The monoisotopic (exact) mass is 202 g/mol. The molecule has 0 bridgehead atoms. The van der Waals surface area contributed by atoms with Gasteiger partial charge < -0.3 is 4.42 Å².